The molecule has 3 aromatic heterocycles. The number of halogens is 1. The van der Waals surface area contributed by atoms with Crippen LogP contribution in [-0.2, 0) is 19.4 Å². The van der Waals surface area contributed by atoms with Crippen molar-refractivity contribution in [3.63, 3.8) is 0 Å². The average molecular weight is 474 g/mol. The summed E-state index contributed by atoms with van der Waals surface area (Å²) in [6.07, 6.45) is 3.16. The summed E-state index contributed by atoms with van der Waals surface area (Å²) in [4.78, 5) is 26.6. The van der Waals surface area contributed by atoms with E-state index < -0.39 is 0 Å². The zero-order valence-corrected chi connectivity index (χ0v) is 19.2. The molecule has 2 aromatic carbocycles. The number of hydrogen-bond donors (Lipinski definition) is 1. The molecule has 0 unspecified atom stereocenters. The van der Waals surface area contributed by atoms with Crippen LogP contribution in [-0.4, -0.2) is 25.4 Å². The maximum atomic E-state index is 13.0. The summed E-state index contributed by atoms with van der Waals surface area (Å²) in [5.74, 6) is 0.229. The quantitative estimate of drug-likeness (QED) is 0.332. The van der Waals surface area contributed by atoms with Crippen LogP contribution in [0.5, 0.6) is 0 Å². The summed E-state index contributed by atoms with van der Waals surface area (Å²) in [7, 11) is 0. The molecule has 5 rings (SSSR count). The van der Waals surface area contributed by atoms with Gasteiger partial charge in [0.05, 0.1) is 16.0 Å². The van der Waals surface area contributed by atoms with Crippen molar-refractivity contribution in [3.05, 3.63) is 105 Å². The Balaban J connectivity index is 1.34. The third-order valence-electron chi connectivity index (χ3n) is 5.25. The smallest absolute Gasteiger partial charge is 0.277 e. The molecule has 0 aliphatic heterocycles. The van der Waals surface area contributed by atoms with E-state index in [0.29, 0.717) is 29.6 Å². The molecule has 1 amide bonds. The first-order chi connectivity index (χ1) is 16.2. The van der Waals surface area contributed by atoms with Crippen molar-refractivity contribution in [3.8, 4) is 0 Å². The second-order valence-corrected chi connectivity index (χ2v) is 8.91. The first kappa shape index (κ1) is 21.3. The van der Waals surface area contributed by atoms with Crippen LogP contribution in [0.2, 0.25) is 5.02 Å². The highest BCUT2D eigenvalue weighted by Crippen LogP contribution is 2.22. The number of rotatable bonds is 7. The van der Waals surface area contributed by atoms with Gasteiger partial charge in [0.1, 0.15) is 5.69 Å². The molecule has 0 saturated heterocycles. The second kappa shape index (κ2) is 9.52. The molecule has 1 N–H and O–H groups in total. The lowest BCUT2D eigenvalue weighted by Crippen LogP contribution is -2.17. The summed E-state index contributed by atoms with van der Waals surface area (Å²) < 4.78 is 2.02. The van der Waals surface area contributed by atoms with E-state index in [9.17, 15) is 4.79 Å². The molecule has 0 fully saturated rings. The Labute approximate surface area is 199 Å². The summed E-state index contributed by atoms with van der Waals surface area (Å²) in [5.41, 5.74) is 4.25. The lowest BCUT2D eigenvalue weighted by molar-refractivity contribution is 0.102. The predicted molar refractivity (Wildman–Crippen MR) is 132 cm³/mol. The molecule has 0 aliphatic rings. The maximum Gasteiger partial charge on any atom is 0.277 e. The molecule has 8 heteroatoms. The number of anilines is 1. The number of pyridine rings is 1. The highest BCUT2D eigenvalue weighted by atomic mass is 35.5. The minimum absolute atomic E-state index is 0.275. The van der Waals surface area contributed by atoms with Crippen molar-refractivity contribution in [1.29, 1.82) is 0 Å². The number of aromatic nitrogens is 4. The van der Waals surface area contributed by atoms with E-state index in [4.69, 9.17) is 11.6 Å². The van der Waals surface area contributed by atoms with Gasteiger partial charge in [-0.05, 0) is 42.0 Å². The van der Waals surface area contributed by atoms with Gasteiger partial charge < -0.3 is 4.57 Å². The number of imidazole rings is 1. The molecule has 0 saturated carbocycles. The summed E-state index contributed by atoms with van der Waals surface area (Å²) in [6.45, 7) is 0.645. The topological polar surface area (TPSA) is 72.7 Å². The molecule has 0 spiro atoms. The molecule has 0 radical (unpaired) electrons. The fraction of sp³-hybridized carbons (Fsp3) is 0.120. The Morgan fingerprint density at radius 1 is 1.00 bits per heavy atom. The zero-order chi connectivity index (χ0) is 22.6. The monoisotopic (exact) mass is 473 g/mol. The van der Waals surface area contributed by atoms with Gasteiger partial charge >= 0.3 is 0 Å². The molecule has 5 aromatic rings. The number of carbonyl (C=O) groups excluding carboxylic acids is 1. The number of para-hydroxylation sites is 2. The van der Waals surface area contributed by atoms with E-state index in [0.717, 1.165) is 33.7 Å². The third kappa shape index (κ3) is 4.94. The van der Waals surface area contributed by atoms with Crippen LogP contribution in [0.25, 0.3) is 11.0 Å². The Morgan fingerprint density at radius 3 is 2.64 bits per heavy atom. The third-order valence-corrected chi connectivity index (χ3v) is 6.35. The van der Waals surface area contributed by atoms with Crippen molar-refractivity contribution >= 4 is 45.8 Å². The van der Waals surface area contributed by atoms with Gasteiger partial charge in [-0.25, -0.2) is 9.97 Å². The SMILES string of the molecule is O=C(Nc1nc2ccccc2n1CCc1ccccn1)c1csc(Cc2ccc(Cl)cc2)n1. The Bertz CT molecular complexity index is 1400. The van der Waals surface area contributed by atoms with Crippen molar-refractivity contribution in [1.82, 2.24) is 19.5 Å². The molecular formula is C25H20ClN5OS. The van der Waals surface area contributed by atoms with E-state index in [1.165, 1.54) is 11.3 Å². The fourth-order valence-corrected chi connectivity index (χ4v) is 4.54. The van der Waals surface area contributed by atoms with Gasteiger partial charge in [-0.1, -0.05) is 41.9 Å². The number of benzene rings is 2. The standard InChI is InChI=1S/C25H20ClN5OS/c26-18-10-8-17(9-11-18)15-23-28-21(16-33-23)24(32)30-25-29-20-6-1-2-7-22(20)31(25)14-12-19-5-3-4-13-27-19/h1-11,13,16H,12,14-15H2,(H,29,30,32). The van der Waals surface area contributed by atoms with Crippen LogP contribution in [0.15, 0.2) is 78.3 Å². The lowest BCUT2D eigenvalue weighted by atomic mass is 10.2. The average Bonchev–Trinajstić information content (AvgIpc) is 3.44. The van der Waals surface area contributed by atoms with Gasteiger partial charge in [-0.15, -0.1) is 11.3 Å². The second-order valence-electron chi connectivity index (χ2n) is 7.53. The van der Waals surface area contributed by atoms with Crippen LogP contribution >= 0.6 is 22.9 Å². The Morgan fingerprint density at radius 2 is 1.82 bits per heavy atom. The highest BCUT2D eigenvalue weighted by Gasteiger charge is 2.17. The van der Waals surface area contributed by atoms with E-state index in [1.54, 1.807) is 11.6 Å². The van der Waals surface area contributed by atoms with Crippen molar-refractivity contribution < 1.29 is 4.79 Å². The molecule has 3 heterocycles. The first-order valence-corrected chi connectivity index (χ1v) is 11.8. The molecule has 0 aliphatic carbocycles. The van der Waals surface area contributed by atoms with Gasteiger partial charge in [-0.2, -0.15) is 0 Å². The van der Waals surface area contributed by atoms with E-state index in [2.05, 4.69) is 20.3 Å². The highest BCUT2D eigenvalue weighted by molar-refractivity contribution is 7.09. The predicted octanol–water partition coefficient (Wildman–Crippen LogP) is 5.63. The number of amides is 1. The minimum atomic E-state index is -0.275. The Hall–Kier alpha value is -3.55. The molecule has 6 nitrogen and oxygen atoms in total. The van der Waals surface area contributed by atoms with Gasteiger partial charge in [0.15, 0.2) is 0 Å². The molecule has 33 heavy (non-hydrogen) atoms. The van der Waals surface area contributed by atoms with Crippen LogP contribution < -0.4 is 5.32 Å². The fourth-order valence-electron chi connectivity index (χ4n) is 3.61. The number of nitrogens with zero attached hydrogens (tertiary/aromatic N) is 4. The number of nitrogens with one attached hydrogen (secondary N) is 1. The summed E-state index contributed by atoms with van der Waals surface area (Å²) in [6, 6.07) is 21.4. The summed E-state index contributed by atoms with van der Waals surface area (Å²) >= 11 is 7.42. The van der Waals surface area contributed by atoms with Gasteiger partial charge in [0.2, 0.25) is 5.95 Å². The Kier molecular flexibility index (Phi) is 6.15. The van der Waals surface area contributed by atoms with E-state index >= 15 is 0 Å². The molecule has 0 bridgehead atoms. The molecule has 0 atom stereocenters. The number of carbonyl (C=O) groups is 1. The molecule has 164 valence electrons. The number of thiazole rings is 1. The molecular weight excluding hydrogens is 454 g/mol. The largest absolute Gasteiger partial charge is 0.310 e. The number of hydrogen-bond acceptors (Lipinski definition) is 5. The van der Waals surface area contributed by atoms with Crippen LogP contribution in [0.3, 0.4) is 0 Å². The number of fused-ring (bicyclic) bond motifs is 1. The zero-order valence-electron chi connectivity index (χ0n) is 17.6. The minimum Gasteiger partial charge on any atom is -0.310 e. The van der Waals surface area contributed by atoms with E-state index in [1.807, 2.05) is 71.3 Å². The normalized spacial score (nSPS) is 11.1. The maximum absolute atomic E-state index is 13.0. The van der Waals surface area contributed by atoms with Gasteiger partial charge in [0.25, 0.3) is 5.91 Å². The van der Waals surface area contributed by atoms with Gasteiger partial charge in [-0.3, -0.25) is 15.1 Å². The van der Waals surface area contributed by atoms with Crippen molar-refractivity contribution in [2.45, 2.75) is 19.4 Å². The first-order valence-electron chi connectivity index (χ1n) is 10.5. The summed E-state index contributed by atoms with van der Waals surface area (Å²) in [5, 5.41) is 6.30. The van der Waals surface area contributed by atoms with Gasteiger partial charge in [0, 0.05) is 41.7 Å². The van der Waals surface area contributed by atoms with Crippen LogP contribution in [0.1, 0.15) is 26.8 Å². The number of aryl methyl sites for hydroxylation is 2. The van der Waals surface area contributed by atoms with E-state index in [-0.39, 0.29) is 5.91 Å². The lowest BCUT2D eigenvalue weighted by Gasteiger charge is -2.09. The van der Waals surface area contributed by atoms with Crippen LogP contribution in [0, 0.1) is 0 Å². The van der Waals surface area contributed by atoms with Crippen molar-refractivity contribution in [2.75, 3.05) is 5.32 Å². The van der Waals surface area contributed by atoms with Crippen LogP contribution in [0.4, 0.5) is 5.95 Å². The van der Waals surface area contributed by atoms with Crippen molar-refractivity contribution in [2.24, 2.45) is 0 Å².